The van der Waals surface area contributed by atoms with Gasteiger partial charge in [-0.25, -0.2) is 4.98 Å². The van der Waals surface area contributed by atoms with E-state index in [1.807, 2.05) is 10.4 Å². The van der Waals surface area contributed by atoms with E-state index in [1.165, 1.54) is 0 Å². The fraction of sp³-hybridized carbons (Fsp3) is 0.692. The number of rotatable bonds is 4. The van der Waals surface area contributed by atoms with Crippen LogP contribution in [0.1, 0.15) is 32.4 Å². The molecule has 1 aromatic heterocycles. The van der Waals surface area contributed by atoms with Gasteiger partial charge >= 0.3 is 0 Å². The third-order valence-electron chi connectivity index (χ3n) is 3.73. The number of carbonyl (C=O) groups excluding carboxylic acids is 1. The number of hydrogen-bond acceptors (Lipinski definition) is 4. The Balaban J connectivity index is 1.86. The van der Waals surface area contributed by atoms with E-state index in [4.69, 9.17) is 0 Å². The summed E-state index contributed by atoms with van der Waals surface area (Å²) in [7, 11) is 0. The smallest absolute Gasteiger partial charge is 0.219 e. The number of likely N-dealkylation sites (tertiary alicyclic amines) is 1. The number of piperidine rings is 1. The SMILES string of the molecule is CC[C@H]1CN(C(C)=O)CC[C@H]1NCc1cscn1. The summed E-state index contributed by atoms with van der Waals surface area (Å²) in [5.41, 5.74) is 2.98. The molecule has 5 heteroatoms. The minimum Gasteiger partial charge on any atom is -0.343 e. The van der Waals surface area contributed by atoms with Gasteiger partial charge in [-0.15, -0.1) is 11.3 Å². The maximum Gasteiger partial charge on any atom is 0.219 e. The summed E-state index contributed by atoms with van der Waals surface area (Å²) in [5.74, 6) is 0.757. The molecule has 2 atom stereocenters. The van der Waals surface area contributed by atoms with Gasteiger partial charge in [-0.1, -0.05) is 13.3 Å². The minimum absolute atomic E-state index is 0.200. The summed E-state index contributed by atoms with van der Waals surface area (Å²) in [4.78, 5) is 17.7. The van der Waals surface area contributed by atoms with Crippen LogP contribution in [0.2, 0.25) is 0 Å². The summed E-state index contributed by atoms with van der Waals surface area (Å²) in [6, 6.07) is 0.507. The maximum atomic E-state index is 11.4. The van der Waals surface area contributed by atoms with Crippen LogP contribution in [0.15, 0.2) is 10.9 Å². The monoisotopic (exact) mass is 267 g/mol. The van der Waals surface area contributed by atoms with Crippen LogP contribution in [-0.2, 0) is 11.3 Å². The quantitative estimate of drug-likeness (QED) is 0.906. The fourth-order valence-electron chi connectivity index (χ4n) is 2.56. The zero-order valence-electron chi connectivity index (χ0n) is 11.1. The number of nitrogens with zero attached hydrogens (tertiary/aromatic N) is 2. The summed E-state index contributed by atoms with van der Waals surface area (Å²) in [5, 5.41) is 5.67. The highest BCUT2D eigenvalue weighted by Gasteiger charge is 2.28. The molecule has 1 amide bonds. The van der Waals surface area contributed by atoms with E-state index in [2.05, 4.69) is 22.6 Å². The van der Waals surface area contributed by atoms with E-state index in [9.17, 15) is 4.79 Å². The van der Waals surface area contributed by atoms with Crippen molar-refractivity contribution in [3.63, 3.8) is 0 Å². The molecule has 1 aliphatic rings. The molecule has 1 fully saturated rings. The number of nitrogens with one attached hydrogen (secondary N) is 1. The number of thiazole rings is 1. The zero-order valence-corrected chi connectivity index (χ0v) is 11.9. The van der Waals surface area contributed by atoms with Crippen molar-refractivity contribution in [1.29, 1.82) is 0 Å². The first kappa shape index (κ1) is 13.5. The third-order valence-corrected chi connectivity index (χ3v) is 4.37. The van der Waals surface area contributed by atoms with Crippen molar-refractivity contribution in [2.75, 3.05) is 13.1 Å². The van der Waals surface area contributed by atoms with Gasteiger partial charge in [0.15, 0.2) is 0 Å². The van der Waals surface area contributed by atoms with Gasteiger partial charge in [-0.05, 0) is 12.3 Å². The lowest BCUT2D eigenvalue weighted by Gasteiger charge is -2.38. The van der Waals surface area contributed by atoms with Crippen LogP contribution in [0.5, 0.6) is 0 Å². The molecule has 1 aromatic rings. The Bertz CT molecular complexity index is 380. The lowest BCUT2D eigenvalue weighted by molar-refractivity contribution is -0.131. The Morgan fingerprint density at radius 3 is 3.11 bits per heavy atom. The van der Waals surface area contributed by atoms with E-state index in [0.29, 0.717) is 12.0 Å². The molecule has 1 aliphatic heterocycles. The van der Waals surface area contributed by atoms with E-state index < -0.39 is 0 Å². The highest BCUT2D eigenvalue weighted by Crippen LogP contribution is 2.20. The molecule has 18 heavy (non-hydrogen) atoms. The number of amides is 1. The van der Waals surface area contributed by atoms with Gasteiger partial charge in [0.05, 0.1) is 11.2 Å². The topological polar surface area (TPSA) is 45.2 Å². The molecule has 0 radical (unpaired) electrons. The zero-order chi connectivity index (χ0) is 13.0. The van der Waals surface area contributed by atoms with Crippen molar-refractivity contribution in [3.05, 3.63) is 16.6 Å². The standard InChI is InChI=1S/C13H21N3OS/c1-3-11-7-16(10(2)17)5-4-13(11)14-6-12-8-18-9-15-12/h8-9,11,13-14H,3-7H2,1-2H3/t11-,13+/m0/s1. The Labute approximate surface area is 112 Å². The van der Waals surface area contributed by atoms with Crippen molar-refractivity contribution < 1.29 is 4.79 Å². The van der Waals surface area contributed by atoms with Crippen LogP contribution in [-0.4, -0.2) is 34.9 Å². The first-order valence-electron chi connectivity index (χ1n) is 6.56. The van der Waals surface area contributed by atoms with E-state index in [-0.39, 0.29) is 5.91 Å². The average molecular weight is 267 g/mol. The maximum absolute atomic E-state index is 11.4. The molecule has 0 aliphatic carbocycles. The molecule has 0 spiro atoms. The fourth-order valence-corrected chi connectivity index (χ4v) is 3.12. The van der Waals surface area contributed by atoms with Gasteiger partial charge in [0.1, 0.15) is 0 Å². The van der Waals surface area contributed by atoms with Gasteiger partial charge < -0.3 is 10.2 Å². The second-order valence-corrected chi connectivity index (χ2v) is 5.61. The van der Waals surface area contributed by atoms with Crippen molar-refractivity contribution in [1.82, 2.24) is 15.2 Å². The van der Waals surface area contributed by atoms with Crippen LogP contribution >= 0.6 is 11.3 Å². The molecule has 2 rings (SSSR count). The molecule has 0 saturated carbocycles. The number of hydrogen-bond donors (Lipinski definition) is 1. The van der Waals surface area contributed by atoms with E-state index >= 15 is 0 Å². The number of aromatic nitrogens is 1. The highest BCUT2D eigenvalue weighted by molar-refractivity contribution is 7.07. The second-order valence-electron chi connectivity index (χ2n) is 4.89. The van der Waals surface area contributed by atoms with Crippen molar-refractivity contribution >= 4 is 17.2 Å². The highest BCUT2D eigenvalue weighted by atomic mass is 32.1. The van der Waals surface area contributed by atoms with Gasteiger partial charge in [0.2, 0.25) is 5.91 Å². The Morgan fingerprint density at radius 2 is 2.50 bits per heavy atom. The van der Waals surface area contributed by atoms with E-state index in [0.717, 1.165) is 38.2 Å². The van der Waals surface area contributed by atoms with Crippen molar-refractivity contribution in [3.8, 4) is 0 Å². The summed E-state index contributed by atoms with van der Waals surface area (Å²) in [6.45, 7) is 6.47. The van der Waals surface area contributed by atoms with E-state index in [1.54, 1.807) is 18.3 Å². The van der Waals surface area contributed by atoms with Gasteiger partial charge in [0.25, 0.3) is 0 Å². The Hall–Kier alpha value is -0.940. The van der Waals surface area contributed by atoms with Crippen LogP contribution < -0.4 is 5.32 Å². The molecule has 1 saturated heterocycles. The molecule has 2 heterocycles. The summed E-state index contributed by atoms with van der Waals surface area (Å²) >= 11 is 1.63. The molecule has 100 valence electrons. The first-order valence-corrected chi connectivity index (χ1v) is 7.51. The van der Waals surface area contributed by atoms with Crippen molar-refractivity contribution in [2.24, 2.45) is 5.92 Å². The van der Waals surface area contributed by atoms with Gasteiger partial charge in [-0.2, -0.15) is 0 Å². The number of carbonyl (C=O) groups is 1. The van der Waals surface area contributed by atoms with Crippen LogP contribution in [0.25, 0.3) is 0 Å². The molecule has 1 N–H and O–H groups in total. The molecular formula is C13H21N3OS. The predicted molar refractivity (Wildman–Crippen MR) is 73.4 cm³/mol. The van der Waals surface area contributed by atoms with Crippen LogP contribution in [0.3, 0.4) is 0 Å². The van der Waals surface area contributed by atoms with Crippen molar-refractivity contribution in [2.45, 2.75) is 39.3 Å². The molecule has 0 aromatic carbocycles. The molecule has 0 unspecified atom stereocenters. The Kier molecular flexibility index (Phi) is 4.72. The molecular weight excluding hydrogens is 246 g/mol. The van der Waals surface area contributed by atoms with Gasteiger partial charge in [-0.3, -0.25) is 4.79 Å². The predicted octanol–water partition coefficient (Wildman–Crippen LogP) is 1.88. The largest absolute Gasteiger partial charge is 0.343 e. The normalized spacial score (nSPS) is 24.2. The second kappa shape index (κ2) is 6.29. The summed E-state index contributed by atoms with van der Waals surface area (Å²) < 4.78 is 0. The lowest BCUT2D eigenvalue weighted by Crippen LogP contribution is -2.50. The Morgan fingerprint density at radius 1 is 1.67 bits per heavy atom. The van der Waals surface area contributed by atoms with Crippen LogP contribution in [0.4, 0.5) is 0 Å². The molecule has 4 nitrogen and oxygen atoms in total. The molecule has 0 bridgehead atoms. The third kappa shape index (κ3) is 3.29. The first-order chi connectivity index (χ1) is 8.70. The van der Waals surface area contributed by atoms with Gasteiger partial charge in [0, 0.05) is 38.0 Å². The average Bonchev–Trinajstić information content (AvgIpc) is 2.89. The van der Waals surface area contributed by atoms with Crippen LogP contribution in [0, 0.1) is 5.92 Å². The lowest BCUT2D eigenvalue weighted by atomic mass is 9.90. The summed E-state index contributed by atoms with van der Waals surface area (Å²) in [6.07, 6.45) is 2.15. The minimum atomic E-state index is 0.200.